The Morgan fingerprint density at radius 2 is 1.85 bits per heavy atom. The fourth-order valence-electron chi connectivity index (χ4n) is 3.80. The lowest BCUT2D eigenvalue weighted by molar-refractivity contribution is -0.138. The lowest BCUT2D eigenvalue weighted by Gasteiger charge is -2.35. The predicted octanol–water partition coefficient (Wildman–Crippen LogP) is 4.81. The van der Waals surface area contributed by atoms with Crippen LogP contribution in [0.25, 0.3) is 0 Å². The van der Waals surface area contributed by atoms with Gasteiger partial charge in [-0.15, -0.1) is 0 Å². The molecule has 10 heteroatoms. The summed E-state index contributed by atoms with van der Waals surface area (Å²) in [4.78, 5) is 26.8. The van der Waals surface area contributed by atoms with Crippen LogP contribution in [0.2, 0.25) is 0 Å². The standard InChI is InChI=1S/C23H28F3N3O4/c1-6-32-20(30)19-16-13-28(21(31)33-22(3,4)5)14(2)11-18(16)29(27-19)12-15-9-7-8-10-17(15)23(24,25)26/h7-10,14H,6,11-13H2,1-5H3/t14-/m1/s1. The Kier molecular flexibility index (Phi) is 6.76. The Bertz CT molecular complexity index is 1040. The number of nitrogens with zero attached hydrogens (tertiary/aromatic N) is 3. The summed E-state index contributed by atoms with van der Waals surface area (Å²) in [5.41, 5.74) is -0.368. The number of carbonyl (C=O) groups is 2. The van der Waals surface area contributed by atoms with E-state index in [1.165, 1.54) is 27.8 Å². The molecule has 180 valence electrons. The van der Waals surface area contributed by atoms with Crippen molar-refractivity contribution in [3.05, 3.63) is 52.3 Å². The second-order valence-electron chi connectivity index (χ2n) is 8.97. The van der Waals surface area contributed by atoms with Gasteiger partial charge in [0, 0.05) is 23.7 Å². The first-order chi connectivity index (χ1) is 15.3. The van der Waals surface area contributed by atoms with Crippen LogP contribution in [0.5, 0.6) is 0 Å². The van der Waals surface area contributed by atoms with Gasteiger partial charge >= 0.3 is 18.2 Å². The van der Waals surface area contributed by atoms with E-state index in [4.69, 9.17) is 9.47 Å². The lowest BCUT2D eigenvalue weighted by atomic mass is 9.99. The van der Waals surface area contributed by atoms with Crippen LogP contribution >= 0.6 is 0 Å². The van der Waals surface area contributed by atoms with Crippen molar-refractivity contribution in [2.45, 2.75) is 71.9 Å². The van der Waals surface area contributed by atoms with E-state index in [2.05, 4.69) is 5.10 Å². The summed E-state index contributed by atoms with van der Waals surface area (Å²) in [6.07, 6.45) is -4.75. The molecule has 3 rings (SSSR count). The average Bonchev–Trinajstić information content (AvgIpc) is 3.03. The van der Waals surface area contributed by atoms with E-state index >= 15 is 0 Å². The number of amides is 1. The SMILES string of the molecule is CCOC(=O)c1nn(Cc2ccccc2C(F)(F)F)c2c1CN(C(=O)OC(C)(C)C)[C@H](C)C2. The molecule has 33 heavy (non-hydrogen) atoms. The first-order valence-corrected chi connectivity index (χ1v) is 10.7. The van der Waals surface area contributed by atoms with Crippen LogP contribution < -0.4 is 0 Å². The monoisotopic (exact) mass is 467 g/mol. The molecule has 1 aromatic heterocycles. The molecule has 1 aromatic carbocycles. The number of rotatable bonds is 4. The third kappa shape index (κ3) is 5.48. The van der Waals surface area contributed by atoms with Gasteiger partial charge in [-0.2, -0.15) is 18.3 Å². The largest absolute Gasteiger partial charge is 0.461 e. The molecule has 0 bridgehead atoms. The third-order valence-corrected chi connectivity index (χ3v) is 5.26. The molecule has 1 aliphatic rings. The molecular formula is C23H28F3N3O4. The number of ether oxygens (including phenoxy) is 2. The zero-order valence-electron chi connectivity index (χ0n) is 19.3. The predicted molar refractivity (Wildman–Crippen MR) is 114 cm³/mol. The summed E-state index contributed by atoms with van der Waals surface area (Å²) < 4.78 is 52.5. The van der Waals surface area contributed by atoms with Gasteiger partial charge in [-0.25, -0.2) is 9.59 Å². The van der Waals surface area contributed by atoms with E-state index in [-0.39, 0.29) is 37.0 Å². The van der Waals surface area contributed by atoms with Gasteiger partial charge in [-0.05, 0) is 46.2 Å². The van der Waals surface area contributed by atoms with Gasteiger partial charge in [0.25, 0.3) is 0 Å². The maximum Gasteiger partial charge on any atom is 0.416 e. The number of halogens is 3. The second-order valence-corrected chi connectivity index (χ2v) is 8.97. The molecule has 0 fully saturated rings. The molecule has 1 amide bonds. The van der Waals surface area contributed by atoms with Crippen LogP contribution in [0.1, 0.15) is 67.5 Å². The van der Waals surface area contributed by atoms with Crippen LogP contribution in [-0.2, 0) is 35.2 Å². The van der Waals surface area contributed by atoms with Crippen molar-refractivity contribution >= 4 is 12.1 Å². The first-order valence-electron chi connectivity index (χ1n) is 10.7. The average molecular weight is 467 g/mol. The van der Waals surface area contributed by atoms with Crippen molar-refractivity contribution in [1.29, 1.82) is 0 Å². The van der Waals surface area contributed by atoms with Crippen LogP contribution in [-0.4, -0.2) is 45.0 Å². The molecule has 0 aliphatic carbocycles. The molecule has 0 spiro atoms. The van der Waals surface area contributed by atoms with Gasteiger partial charge in [-0.1, -0.05) is 18.2 Å². The molecule has 2 aromatic rings. The van der Waals surface area contributed by atoms with Gasteiger partial charge in [0.2, 0.25) is 0 Å². The smallest absolute Gasteiger partial charge is 0.416 e. The number of fused-ring (bicyclic) bond motifs is 1. The molecule has 1 atom stereocenters. The van der Waals surface area contributed by atoms with E-state index in [0.29, 0.717) is 17.7 Å². The Labute approximate surface area is 190 Å². The summed E-state index contributed by atoms with van der Waals surface area (Å²) >= 11 is 0. The van der Waals surface area contributed by atoms with Crippen LogP contribution in [0, 0.1) is 0 Å². The number of benzene rings is 1. The molecule has 1 aliphatic heterocycles. The highest BCUT2D eigenvalue weighted by atomic mass is 19.4. The zero-order chi connectivity index (χ0) is 24.6. The zero-order valence-corrected chi connectivity index (χ0v) is 19.3. The van der Waals surface area contributed by atoms with Crippen molar-refractivity contribution in [1.82, 2.24) is 14.7 Å². The molecule has 0 radical (unpaired) electrons. The van der Waals surface area contributed by atoms with Crippen molar-refractivity contribution in [2.24, 2.45) is 0 Å². The maximum absolute atomic E-state index is 13.5. The van der Waals surface area contributed by atoms with E-state index < -0.39 is 29.4 Å². The lowest BCUT2D eigenvalue weighted by Crippen LogP contribution is -2.45. The molecule has 0 unspecified atom stereocenters. The molecule has 0 saturated carbocycles. The summed E-state index contributed by atoms with van der Waals surface area (Å²) in [7, 11) is 0. The quantitative estimate of drug-likeness (QED) is 0.604. The minimum Gasteiger partial charge on any atom is -0.461 e. The minimum atomic E-state index is -4.52. The van der Waals surface area contributed by atoms with Crippen LogP contribution in [0.15, 0.2) is 24.3 Å². The number of carbonyl (C=O) groups excluding carboxylic acids is 2. The highest BCUT2D eigenvalue weighted by Gasteiger charge is 2.37. The molecule has 0 N–H and O–H groups in total. The van der Waals surface area contributed by atoms with Gasteiger partial charge in [0.15, 0.2) is 5.69 Å². The van der Waals surface area contributed by atoms with E-state index in [1.54, 1.807) is 27.7 Å². The number of hydrogen-bond donors (Lipinski definition) is 0. The number of aromatic nitrogens is 2. The fraction of sp³-hybridized carbons (Fsp3) is 0.522. The topological polar surface area (TPSA) is 73.7 Å². The van der Waals surface area contributed by atoms with Gasteiger partial charge in [0.05, 0.1) is 25.3 Å². The third-order valence-electron chi connectivity index (χ3n) is 5.26. The van der Waals surface area contributed by atoms with Crippen LogP contribution in [0.4, 0.5) is 18.0 Å². The number of esters is 1. The summed E-state index contributed by atoms with van der Waals surface area (Å²) in [5, 5.41) is 4.33. The number of hydrogen-bond acceptors (Lipinski definition) is 5. The van der Waals surface area contributed by atoms with Crippen molar-refractivity contribution < 1.29 is 32.2 Å². The highest BCUT2D eigenvalue weighted by molar-refractivity contribution is 5.89. The maximum atomic E-state index is 13.5. The van der Waals surface area contributed by atoms with E-state index in [0.717, 1.165) is 6.07 Å². The Balaban J connectivity index is 2.02. The summed E-state index contributed by atoms with van der Waals surface area (Å²) in [6, 6.07) is 4.95. The normalized spacial score (nSPS) is 16.4. The molecular weight excluding hydrogens is 439 g/mol. The van der Waals surface area contributed by atoms with Gasteiger partial charge < -0.3 is 14.4 Å². The summed E-state index contributed by atoms with van der Waals surface area (Å²) in [6.45, 7) is 8.72. The summed E-state index contributed by atoms with van der Waals surface area (Å²) in [5.74, 6) is -0.685. The minimum absolute atomic E-state index is 0.00296. The Hall–Kier alpha value is -3.04. The van der Waals surface area contributed by atoms with E-state index in [9.17, 15) is 22.8 Å². The number of alkyl halides is 3. The molecule has 2 heterocycles. The Morgan fingerprint density at radius 1 is 1.18 bits per heavy atom. The fourth-order valence-corrected chi connectivity index (χ4v) is 3.80. The molecule has 7 nitrogen and oxygen atoms in total. The Morgan fingerprint density at radius 3 is 2.45 bits per heavy atom. The van der Waals surface area contributed by atoms with Crippen LogP contribution in [0.3, 0.4) is 0 Å². The molecule has 0 saturated heterocycles. The second kappa shape index (κ2) is 9.07. The van der Waals surface area contributed by atoms with E-state index in [1.807, 2.05) is 6.92 Å². The van der Waals surface area contributed by atoms with Gasteiger partial charge in [0.1, 0.15) is 5.60 Å². The van der Waals surface area contributed by atoms with Crippen molar-refractivity contribution in [2.75, 3.05) is 6.61 Å². The first kappa shape index (κ1) is 24.6. The van der Waals surface area contributed by atoms with Crippen molar-refractivity contribution in [3.63, 3.8) is 0 Å². The van der Waals surface area contributed by atoms with Crippen molar-refractivity contribution in [3.8, 4) is 0 Å². The highest BCUT2D eigenvalue weighted by Crippen LogP contribution is 2.34. The van der Waals surface area contributed by atoms with Gasteiger partial charge in [-0.3, -0.25) is 4.68 Å².